The lowest BCUT2D eigenvalue weighted by Gasteiger charge is -2.42. The number of halogens is 1. The smallest absolute Gasteiger partial charge is 0.123 e. The highest BCUT2D eigenvalue weighted by Crippen LogP contribution is 2.41. The SMILES string of the molecule is CC(C)=CC(CC(C)(C)c1ccc(OC(C)(C)C)cc1)N1CCC(C)(O)CC1.CC(C)=CC(CC(C)(C)c1ccc(OC(C)(C)C)cc1)N1CCC(O)CC1.CC(C)=CC(CC(C)(C)c1ccc(OC(C)C)cc1)N1CCC(O)CC1.CCC(CO)OCCC1CCN(C(C=C(C)C)CC(C)(C)c2ccc(F)cc2)CC1.COCCCC1CCN(C(C=C(C)C)CC(C)(C)c2ccc(OC(C)C)cc2)CC1. The molecule has 6 unspecified atom stereocenters. The third-order valence-corrected chi connectivity index (χ3v) is 29.0. The van der Waals surface area contributed by atoms with E-state index in [1.54, 1.807) is 19.2 Å². The number of aliphatic hydroxyl groups excluding tert-OH is 3. The van der Waals surface area contributed by atoms with Crippen molar-refractivity contribution in [3.05, 3.63) is 213 Å². The van der Waals surface area contributed by atoms with Crippen molar-refractivity contribution >= 4 is 0 Å². The van der Waals surface area contributed by atoms with Crippen LogP contribution in [0.25, 0.3) is 0 Å². The van der Waals surface area contributed by atoms with Crippen molar-refractivity contribution in [1.82, 2.24) is 24.5 Å². The summed E-state index contributed by atoms with van der Waals surface area (Å²) in [5.41, 5.74) is 12.9. The van der Waals surface area contributed by atoms with Crippen molar-refractivity contribution < 1.29 is 53.2 Å². The Morgan fingerprint density at radius 2 is 0.624 bits per heavy atom. The lowest BCUT2D eigenvalue weighted by molar-refractivity contribution is -0.0140. The Kier molecular flexibility index (Phi) is 50.9. The van der Waals surface area contributed by atoms with Crippen molar-refractivity contribution in [2.45, 2.75) is 448 Å². The van der Waals surface area contributed by atoms with Crippen molar-refractivity contribution in [2.24, 2.45) is 11.8 Å². The highest BCUT2D eigenvalue weighted by molar-refractivity contribution is 5.37. The van der Waals surface area contributed by atoms with Gasteiger partial charge < -0.3 is 48.8 Å². The zero-order valence-corrected chi connectivity index (χ0v) is 95.3. The van der Waals surface area contributed by atoms with Gasteiger partial charge in [0.1, 0.15) is 40.0 Å². The molecule has 0 spiro atoms. The maximum atomic E-state index is 13.4. The Balaban J connectivity index is 0.000000270. The van der Waals surface area contributed by atoms with Gasteiger partial charge in [-0.05, 0) is 421 Å². The summed E-state index contributed by atoms with van der Waals surface area (Å²) < 4.78 is 48.0. The number of aliphatic hydroxyl groups is 4. The largest absolute Gasteiger partial charge is 0.491 e. The Bertz CT molecular complexity index is 4440. The van der Waals surface area contributed by atoms with Gasteiger partial charge in [-0.2, -0.15) is 0 Å². The van der Waals surface area contributed by atoms with Gasteiger partial charge in [-0.15, -0.1) is 0 Å². The fourth-order valence-corrected chi connectivity index (χ4v) is 20.8. The maximum absolute atomic E-state index is 13.4. The molecule has 0 aromatic heterocycles. The minimum absolute atomic E-state index is 0.0131. The van der Waals surface area contributed by atoms with Gasteiger partial charge in [0.2, 0.25) is 0 Å². The van der Waals surface area contributed by atoms with Gasteiger partial charge in [0, 0.05) is 89.8 Å². The van der Waals surface area contributed by atoms with Gasteiger partial charge in [-0.3, -0.25) is 24.5 Å². The van der Waals surface area contributed by atoms with E-state index in [1.165, 1.54) is 107 Å². The van der Waals surface area contributed by atoms with Crippen molar-refractivity contribution in [3.8, 4) is 23.0 Å². The highest BCUT2D eigenvalue weighted by atomic mass is 19.1. The molecule has 16 heteroatoms. The van der Waals surface area contributed by atoms with Crippen LogP contribution in [0.5, 0.6) is 23.0 Å². The molecule has 6 atom stereocenters. The van der Waals surface area contributed by atoms with Crippen LogP contribution in [0.1, 0.15) is 371 Å². The molecule has 0 aliphatic carbocycles. The molecule has 0 radical (unpaired) electrons. The minimum atomic E-state index is -0.509. The molecule has 10 rings (SSSR count). The lowest BCUT2D eigenvalue weighted by atomic mass is 9.78. The van der Waals surface area contributed by atoms with Crippen LogP contribution in [0.3, 0.4) is 0 Å². The number of benzene rings is 5. The van der Waals surface area contributed by atoms with Gasteiger partial charge in [-0.25, -0.2) is 4.39 Å². The molecule has 5 aliphatic heterocycles. The van der Waals surface area contributed by atoms with Gasteiger partial charge in [0.25, 0.3) is 0 Å². The van der Waals surface area contributed by atoms with Gasteiger partial charge in [0.15, 0.2) is 0 Å². The van der Waals surface area contributed by atoms with Crippen molar-refractivity contribution in [1.29, 1.82) is 0 Å². The third kappa shape index (κ3) is 46.2. The van der Waals surface area contributed by atoms with E-state index in [0.29, 0.717) is 36.1 Å². The number of ether oxygens (including phenoxy) is 6. The molecule has 5 aliphatic rings. The summed E-state index contributed by atoms with van der Waals surface area (Å²) in [6.45, 7) is 82.1. The van der Waals surface area contributed by atoms with E-state index in [4.69, 9.17) is 28.4 Å². The molecule has 5 aromatic rings. The minimum Gasteiger partial charge on any atom is -0.491 e. The third-order valence-electron chi connectivity index (χ3n) is 29.0. The first-order valence-corrected chi connectivity index (χ1v) is 54.5. The Hall–Kier alpha value is -6.51. The standard InChI is InChI=1S/C27H45NO2.C26H42FNO2.C25H41NO2.C24H39NO2.C23H37NO2/c1-21(2)19-25(28-16-14-23(15-17-28)9-8-18-29-7)20-27(5,6)24-10-12-26(13-11-24)30-22(3)4;1-6-25(19-29)30-16-13-21-11-14-28(15-12-21)24(17-20(2)3)18-26(4,5)22-7-9-23(27)10-8-22;1-19(2)17-21(26-15-13-25(8,27)14-16-26)18-24(6,7)20-9-11-22(12-10-20)28-23(3,4)5;1-18(2)16-20(25-14-12-21(26)13-15-25)17-24(6,7)19-8-10-22(11-9-19)27-23(3,4)5;1-17(2)15-20(24-13-11-21(25)12-14-24)16-23(5,6)19-7-9-22(10-8-19)26-18(3)4/h10-13,19,22-23,25H,8-9,14-18,20H2,1-7H3;7-10,17,21,24-25,29H,6,11-16,18-19H2,1-5H3;9-12,17,21,27H,13-16,18H2,1-8H3;8-11,16,20-21,26H,12-15,17H2,1-7H3;7-10,15,18,20-21,25H,11-14,16H2,1-6H3. The number of rotatable bonds is 41. The van der Waals surface area contributed by atoms with Crippen LogP contribution in [0, 0.1) is 17.7 Å². The molecular formula is C125H204FN5O10. The number of hydrogen-bond acceptors (Lipinski definition) is 15. The number of allylic oxidation sites excluding steroid dienone is 5. The molecule has 0 saturated carbocycles. The molecule has 4 N–H and O–H groups in total. The van der Waals surface area contributed by atoms with Crippen LogP contribution >= 0.6 is 0 Å². The van der Waals surface area contributed by atoms with E-state index >= 15 is 0 Å². The van der Waals surface area contributed by atoms with Gasteiger partial charge in [-0.1, -0.05) is 195 Å². The zero-order valence-electron chi connectivity index (χ0n) is 95.3. The van der Waals surface area contributed by atoms with E-state index in [1.807, 2.05) is 19.1 Å². The first kappa shape index (κ1) is 123. The monoisotopic (exact) mass is 1950 g/mol. The first-order valence-electron chi connectivity index (χ1n) is 54.5. The lowest BCUT2D eigenvalue weighted by Crippen LogP contribution is -2.48. The molecule has 796 valence electrons. The Morgan fingerprint density at radius 3 is 0.865 bits per heavy atom. The number of likely N-dealkylation sites (tertiary alicyclic amines) is 5. The van der Waals surface area contributed by atoms with Crippen LogP contribution in [0.2, 0.25) is 0 Å². The quantitative estimate of drug-likeness (QED) is 0.0217. The van der Waals surface area contributed by atoms with Crippen molar-refractivity contribution in [3.63, 3.8) is 0 Å². The maximum Gasteiger partial charge on any atom is 0.123 e. The molecule has 0 amide bonds. The van der Waals surface area contributed by atoms with Crippen LogP contribution in [0.15, 0.2) is 180 Å². The molecule has 15 nitrogen and oxygen atoms in total. The second kappa shape index (κ2) is 58.3. The molecule has 5 saturated heterocycles. The Morgan fingerprint density at radius 1 is 0.376 bits per heavy atom. The number of methoxy groups -OCH3 is 1. The summed E-state index contributed by atoms with van der Waals surface area (Å²) >= 11 is 0. The van der Waals surface area contributed by atoms with Gasteiger partial charge in [0.05, 0.1) is 42.7 Å². The van der Waals surface area contributed by atoms with Crippen molar-refractivity contribution in [2.75, 3.05) is 92.4 Å². The van der Waals surface area contributed by atoms with Crippen LogP contribution in [0.4, 0.5) is 4.39 Å². The predicted molar refractivity (Wildman–Crippen MR) is 595 cm³/mol. The van der Waals surface area contributed by atoms with E-state index in [2.05, 4.69) is 367 Å². The fraction of sp³-hybridized carbons (Fsp3) is 0.680. The summed E-state index contributed by atoms with van der Waals surface area (Å²) in [7, 11) is 1.80. The average molecular weight is 1960 g/mol. The molecule has 5 aromatic carbocycles. The molecule has 0 bridgehead atoms. The predicted octanol–water partition coefficient (Wildman–Crippen LogP) is 28.3. The van der Waals surface area contributed by atoms with Crippen LogP contribution < -0.4 is 18.9 Å². The summed E-state index contributed by atoms with van der Waals surface area (Å²) in [5.74, 6) is 5.14. The average Bonchev–Trinajstić information content (AvgIpc) is 0.812. The van der Waals surface area contributed by atoms with E-state index in [0.717, 1.165) is 178 Å². The Labute approximate surface area is 861 Å². The van der Waals surface area contributed by atoms with Crippen LogP contribution in [-0.4, -0.2) is 215 Å². The number of hydrogen-bond donors (Lipinski definition) is 4. The topological polar surface area (TPSA) is 152 Å². The molecule has 5 fully saturated rings. The van der Waals surface area contributed by atoms with Gasteiger partial charge >= 0.3 is 0 Å². The first-order chi connectivity index (χ1) is 65.9. The summed E-state index contributed by atoms with van der Waals surface area (Å²) in [6.07, 6.45) is 32.3. The van der Waals surface area contributed by atoms with Crippen LogP contribution in [-0.2, 0) is 36.5 Å². The summed E-state index contributed by atoms with van der Waals surface area (Å²) in [4.78, 5) is 13.0. The second-order valence-electron chi connectivity index (χ2n) is 49.4. The normalized spacial score (nSPS) is 18.2. The van der Waals surface area contributed by atoms with E-state index in [9.17, 15) is 24.8 Å². The highest BCUT2D eigenvalue weighted by Gasteiger charge is 2.38. The summed E-state index contributed by atoms with van der Waals surface area (Å²) in [6, 6.07) is 43.6. The molecule has 5 heterocycles. The molecular weight excluding hydrogens is 1750 g/mol. The molecule has 141 heavy (non-hydrogen) atoms. The van der Waals surface area contributed by atoms with E-state index in [-0.39, 0.29) is 81.2 Å². The number of nitrogens with zero attached hydrogens (tertiary/aromatic N) is 5. The second-order valence-corrected chi connectivity index (χ2v) is 49.4. The summed E-state index contributed by atoms with van der Waals surface area (Å²) in [5, 5.41) is 39.3. The van der Waals surface area contributed by atoms with E-state index < -0.39 is 5.60 Å². The zero-order chi connectivity index (χ0) is 105. The number of piperidine rings is 5. The fourth-order valence-electron chi connectivity index (χ4n) is 20.8.